The summed E-state index contributed by atoms with van der Waals surface area (Å²) in [4.78, 5) is 12.5. The molecule has 0 aliphatic rings. The van der Waals surface area contributed by atoms with E-state index in [1.54, 1.807) is 49.6 Å². The van der Waals surface area contributed by atoms with Gasteiger partial charge in [-0.1, -0.05) is 12.7 Å². The van der Waals surface area contributed by atoms with E-state index in [0.29, 0.717) is 40.9 Å². The first-order valence-corrected chi connectivity index (χ1v) is 7.58. The Kier molecular flexibility index (Phi) is 6.28. The van der Waals surface area contributed by atoms with Gasteiger partial charge in [-0.2, -0.15) is 0 Å². The molecule has 0 aromatic heterocycles. The van der Waals surface area contributed by atoms with E-state index in [-0.39, 0.29) is 5.91 Å². The molecule has 0 saturated heterocycles. The van der Waals surface area contributed by atoms with Crippen LogP contribution < -0.4 is 24.3 Å². The van der Waals surface area contributed by atoms with Crippen LogP contribution in [0.15, 0.2) is 49.1 Å². The summed E-state index contributed by atoms with van der Waals surface area (Å²) in [6.45, 7) is 3.95. The number of anilines is 1. The van der Waals surface area contributed by atoms with Crippen molar-refractivity contribution in [3.05, 3.63) is 54.6 Å². The number of rotatable bonds is 8. The number of carbonyl (C=O) groups excluding carboxylic acids is 1. The van der Waals surface area contributed by atoms with Crippen molar-refractivity contribution in [1.82, 2.24) is 0 Å². The van der Waals surface area contributed by atoms with E-state index in [1.165, 1.54) is 14.2 Å². The Balaban J connectivity index is 2.22. The van der Waals surface area contributed by atoms with Gasteiger partial charge in [0.25, 0.3) is 5.91 Å². The maximum absolute atomic E-state index is 12.5. The zero-order valence-corrected chi connectivity index (χ0v) is 14.5. The highest BCUT2D eigenvalue weighted by atomic mass is 16.5. The molecule has 1 N–H and O–H groups in total. The molecule has 6 nitrogen and oxygen atoms in total. The summed E-state index contributed by atoms with van der Waals surface area (Å²) < 4.78 is 21.2. The Labute approximate surface area is 147 Å². The van der Waals surface area contributed by atoms with E-state index in [2.05, 4.69) is 11.9 Å². The molecule has 0 fully saturated rings. The quantitative estimate of drug-likeness (QED) is 0.743. The number of nitrogens with one attached hydrogen (secondary N) is 1. The average Bonchev–Trinajstić information content (AvgIpc) is 2.66. The maximum atomic E-state index is 12.5. The Morgan fingerprint density at radius 2 is 1.76 bits per heavy atom. The van der Waals surface area contributed by atoms with Gasteiger partial charge < -0.3 is 24.3 Å². The van der Waals surface area contributed by atoms with Gasteiger partial charge in [-0.25, -0.2) is 0 Å². The van der Waals surface area contributed by atoms with E-state index in [9.17, 15) is 4.79 Å². The second kappa shape index (κ2) is 8.63. The second-order valence-electron chi connectivity index (χ2n) is 4.99. The maximum Gasteiger partial charge on any atom is 0.255 e. The lowest BCUT2D eigenvalue weighted by atomic mass is 10.1. The topological polar surface area (TPSA) is 66.0 Å². The average molecular weight is 343 g/mol. The molecular formula is C19H21NO5. The lowest BCUT2D eigenvalue weighted by Crippen LogP contribution is -2.13. The molecule has 0 heterocycles. The van der Waals surface area contributed by atoms with Crippen LogP contribution in [-0.2, 0) is 0 Å². The standard InChI is InChI=1S/C19H21NO5/c1-5-10-25-16-9-6-13(11-18(16)24-4)19(21)20-15-8-7-14(22-2)12-17(15)23-3/h5-9,11-12H,1,10H2,2-4H3,(H,20,21). The summed E-state index contributed by atoms with van der Waals surface area (Å²) in [7, 11) is 4.61. The van der Waals surface area contributed by atoms with Crippen LogP contribution in [0.4, 0.5) is 5.69 Å². The van der Waals surface area contributed by atoms with E-state index < -0.39 is 0 Å². The molecule has 6 heteroatoms. The van der Waals surface area contributed by atoms with Crippen molar-refractivity contribution in [3.63, 3.8) is 0 Å². The number of benzene rings is 2. The third-order valence-corrected chi connectivity index (χ3v) is 3.44. The largest absolute Gasteiger partial charge is 0.497 e. The second-order valence-corrected chi connectivity index (χ2v) is 4.99. The number of ether oxygens (including phenoxy) is 4. The van der Waals surface area contributed by atoms with Crippen LogP contribution in [0.1, 0.15) is 10.4 Å². The first kappa shape index (κ1) is 18.2. The lowest BCUT2D eigenvalue weighted by Gasteiger charge is -2.13. The van der Waals surface area contributed by atoms with Gasteiger partial charge in [0, 0.05) is 11.6 Å². The number of hydrogen-bond donors (Lipinski definition) is 1. The van der Waals surface area contributed by atoms with Crippen molar-refractivity contribution in [2.24, 2.45) is 0 Å². The fraction of sp³-hybridized carbons (Fsp3) is 0.211. The third kappa shape index (κ3) is 4.44. The van der Waals surface area contributed by atoms with Gasteiger partial charge in [-0.15, -0.1) is 0 Å². The monoisotopic (exact) mass is 343 g/mol. The molecule has 0 spiro atoms. The molecule has 0 saturated carbocycles. The number of methoxy groups -OCH3 is 3. The molecule has 1 amide bonds. The first-order chi connectivity index (χ1) is 12.1. The predicted molar refractivity (Wildman–Crippen MR) is 96.2 cm³/mol. The van der Waals surface area contributed by atoms with Crippen molar-refractivity contribution >= 4 is 11.6 Å². The molecule has 132 valence electrons. The van der Waals surface area contributed by atoms with E-state index in [1.807, 2.05) is 0 Å². The van der Waals surface area contributed by atoms with Crippen molar-refractivity contribution in [3.8, 4) is 23.0 Å². The van der Waals surface area contributed by atoms with Gasteiger partial charge in [0.1, 0.15) is 18.1 Å². The highest BCUT2D eigenvalue weighted by molar-refractivity contribution is 6.05. The number of amides is 1. The van der Waals surface area contributed by atoms with E-state index in [0.717, 1.165) is 0 Å². The van der Waals surface area contributed by atoms with Gasteiger partial charge in [-0.3, -0.25) is 4.79 Å². The Morgan fingerprint density at radius 1 is 1.00 bits per heavy atom. The summed E-state index contributed by atoms with van der Waals surface area (Å²) in [6, 6.07) is 10.1. The summed E-state index contributed by atoms with van der Waals surface area (Å²) in [6.07, 6.45) is 1.63. The van der Waals surface area contributed by atoms with E-state index >= 15 is 0 Å². The van der Waals surface area contributed by atoms with Crippen LogP contribution in [0.5, 0.6) is 23.0 Å². The predicted octanol–water partition coefficient (Wildman–Crippen LogP) is 3.53. The smallest absolute Gasteiger partial charge is 0.255 e. The molecular weight excluding hydrogens is 322 g/mol. The SMILES string of the molecule is C=CCOc1ccc(C(=O)Nc2ccc(OC)cc2OC)cc1OC. The van der Waals surface area contributed by atoms with Crippen molar-refractivity contribution in [2.75, 3.05) is 33.3 Å². The highest BCUT2D eigenvalue weighted by Gasteiger charge is 2.14. The first-order valence-electron chi connectivity index (χ1n) is 7.58. The van der Waals surface area contributed by atoms with Crippen LogP contribution >= 0.6 is 0 Å². The minimum atomic E-state index is -0.294. The normalized spacial score (nSPS) is 9.88. The molecule has 0 aliphatic carbocycles. The van der Waals surface area contributed by atoms with Crippen LogP contribution in [-0.4, -0.2) is 33.8 Å². The third-order valence-electron chi connectivity index (χ3n) is 3.44. The minimum Gasteiger partial charge on any atom is -0.497 e. The highest BCUT2D eigenvalue weighted by Crippen LogP contribution is 2.31. The molecule has 0 aliphatic heterocycles. The molecule has 2 rings (SSSR count). The van der Waals surface area contributed by atoms with Crippen LogP contribution in [0.25, 0.3) is 0 Å². The Bertz CT molecular complexity index is 757. The Morgan fingerprint density at radius 3 is 2.40 bits per heavy atom. The lowest BCUT2D eigenvalue weighted by molar-refractivity contribution is 0.102. The van der Waals surface area contributed by atoms with Gasteiger partial charge in [0.2, 0.25) is 0 Å². The van der Waals surface area contributed by atoms with Crippen molar-refractivity contribution in [1.29, 1.82) is 0 Å². The summed E-state index contributed by atoms with van der Waals surface area (Å²) >= 11 is 0. The van der Waals surface area contributed by atoms with Crippen LogP contribution in [0.3, 0.4) is 0 Å². The van der Waals surface area contributed by atoms with Gasteiger partial charge in [-0.05, 0) is 30.3 Å². The van der Waals surface area contributed by atoms with Crippen LogP contribution in [0, 0.1) is 0 Å². The molecule has 2 aromatic rings. The fourth-order valence-electron chi connectivity index (χ4n) is 2.17. The Hall–Kier alpha value is -3.15. The zero-order chi connectivity index (χ0) is 18.2. The fourth-order valence-corrected chi connectivity index (χ4v) is 2.17. The zero-order valence-electron chi connectivity index (χ0n) is 14.5. The number of carbonyl (C=O) groups is 1. The summed E-state index contributed by atoms with van der Waals surface area (Å²) in [5.74, 6) is 1.86. The molecule has 0 radical (unpaired) electrons. The van der Waals surface area contributed by atoms with Gasteiger partial charge in [0.05, 0.1) is 27.0 Å². The summed E-state index contributed by atoms with van der Waals surface area (Å²) in [5, 5.41) is 2.81. The molecule has 25 heavy (non-hydrogen) atoms. The van der Waals surface area contributed by atoms with Crippen LogP contribution in [0.2, 0.25) is 0 Å². The van der Waals surface area contributed by atoms with E-state index in [4.69, 9.17) is 18.9 Å². The van der Waals surface area contributed by atoms with Gasteiger partial charge >= 0.3 is 0 Å². The minimum absolute atomic E-state index is 0.294. The molecule has 0 unspecified atom stereocenters. The van der Waals surface area contributed by atoms with Crippen molar-refractivity contribution < 1.29 is 23.7 Å². The van der Waals surface area contributed by atoms with Crippen molar-refractivity contribution in [2.45, 2.75) is 0 Å². The molecule has 0 bridgehead atoms. The summed E-state index contributed by atoms with van der Waals surface area (Å²) in [5.41, 5.74) is 0.972. The molecule has 2 aromatic carbocycles. The van der Waals surface area contributed by atoms with Gasteiger partial charge in [0.15, 0.2) is 11.5 Å². The number of hydrogen-bond acceptors (Lipinski definition) is 5. The molecule has 0 atom stereocenters.